The fraction of sp³-hybridized carbons (Fsp3) is 0.739. The summed E-state index contributed by atoms with van der Waals surface area (Å²) in [4.78, 5) is 87.7. The molecule has 1 heterocycles. The highest BCUT2D eigenvalue weighted by Gasteiger charge is 2.43. The summed E-state index contributed by atoms with van der Waals surface area (Å²) in [5.41, 5.74) is 6.35. The number of methoxy groups -OCH3 is 2. The number of nitrogens with zero attached hydrogens (tertiary/aromatic N) is 4. The van der Waals surface area contributed by atoms with E-state index in [0.717, 1.165) is 18.4 Å². The molecule has 1 fully saturated rings. The van der Waals surface area contributed by atoms with Crippen LogP contribution >= 0.6 is 0 Å². The van der Waals surface area contributed by atoms with Gasteiger partial charge >= 0.3 is 0 Å². The van der Waals surface area contributed by atoms with Crippen LogP contribution in [0.1, 0.15) is 93.6 Å². The summed E-state index contributed by atoms with van der Waals surface area (Å²) < 4.78 is 12.1. The summed E-state index contributed by atoms with van der Waals surface area (Å²) >= 11 is 0. The minimum Gasteiger partial charge on any atom is -0.379 e. The van der Waals surface area contributed by atoms with Gasteiger partial charge in [-0.15, -0.1) is 0 Å². The SMILES string of the molecule is CC[C@H](C)[C@@H]([C@@H](CC(=O)N1CCC[C@H]1[C@H](OC)[C@@H](C)C(=O)N(C)CCc1cccc(NC(=O)[C@H](C)NC(=O)[C@H](C)N)c1)OC)N(C)C(=O)[C@@H](NC(=O)C(C)(C)CN(C)C)C(C)C. The molecule has 0 unspecified atom stereocenters. The molecule has 0 bridgehead atoms. The van der Waals surface area contributed by atoms with Gasteiger partial charge in [-0.05, 0) is 90.6 Å². The number of nitrogens with one attached hydrogen (secondary N) is 3. The van der Waals surface area contributed by atoms with Gasteiger partial charge in [-0.2, -0.15) is 0 Å². The lowest BCUT2D eigenvalue weighted by Gasteiger charge is -2.41. The molecule has 1 aliphatic heterocycles. The van der Waals surface area contributed by atoms with E-state index in [0.29, 0.717) is 38.2 Å². The van der Waals surface area contributed by atoms with Crippen LogP contribution in [0, 0.1) is 23.2 Å². The maximum atomic E-state index is 14.3. The van der Waals surface area contributed by atoms with Crippen LogP contribution in [-0.4, -0.2) is 160 Å². The second kappa shape index (κ2) is 24.7. The molecule has 1 aromatic carbocycles. The van der Waals surface area contributed by atoms with Gasteiger partial charge in [0.15, 0.2) is 0 Å². The third-order valence-corrected chi connectivity index (χ3v) is 12.3. The Labute approximate surface area is 371 Å². The van der Waals surface area contributed by atoms with Crippen molar-refractivity contribution < 1.29 is 38.2 Å². The Kier molecular flexibility index (Phi) is 21.5. The van der Waals surface area contributed by atoms with Crippen molar-refractivity contribution in [2.75, 3.05) is 67.4 Å². The Morgan fingerprint density at radius 1 is 0.919 bits per heavy atom. The molecular formula is C46H80N8O8. The van der Waals surface area contributed by atoms with Gasteiger partial charge < -0.3 is 50.8 Å². The Hall–Kier alpha value is -4.12. The van der Waals surface area contributed by atoms with Crippen molar-refractivity contribution in [3.8, 4) is 0 Å². The molecule has 0 aromatic heterocycles. The monoisotopic (exact) mass is 873 g/mol. The number of hydrogen-bond donors (Lipinski definition) is 4. The molecule has 1 aromatic rings. The lowest BCUT2D eigenvalue weighted by atomic mass is 9.88. The van der Waals surface area contributed by atoms with Crippen molar-refractivity contribution in [1.82, 2.24) is 30.2 Å². The Balaban J connectivity index is 2.18. The molecule has 16 heteroatoms. The van der Waals surface area contributed by atoms with Gasteiger partial charge in [-0.3, -0.25) is 28.8 Å². The van der Waals surface area contributed by atoms with Gasteiger partial charge in [-0.1, -0.05) is 53.2 Å². The summed E-state index contributed by atoms with van der Waals surface area (Å²) in [5, 5.41) is 8.45. The van der Waals surface area contributed by atoms with Crippen molar-refractivity contribution in [3.63, 3.8) is 0 Å². The molecule has 0 aliphatic carbocycles. The number of likely N-dealkylation sites (tertiary alicyclic amines) is 1. The van der Waals surface area contributed by atoms with Gasteiger partial charge in [0.1, 0.15) is 12.1 Å². The number of ether oxygens (including phenoxy) is 2. The highest BCUT2D eigenvalue weighted by Crippen LogP contribution is 2.30. The average molecular weight is 873 g/mol. The van der Waals surface area contributed by atoms with E-state index in [4.69, 9.17) is 15.2 Å². The van der Waals surface area contributed by atoms with Gasteiger partial charge in [0, 0.05) is 53.6 Å². The first-order valence-corrected chi connectivity index (χ1v) is 22.2. The molecule has 0 radical (unpaired) electrons. The number of likely N-dealkylation sites (N-methyl/N-ethyl adjacent to an activating group) is 2. The van der Waals surface area contributed by atoms with Crippen molar-refractivity contribution in [1.29, 1.82) is 0 Å². The number of nitrogens with two attached hydrogens (primary N) is 1. The second-order valence-electron chi connectivity index (χ2n) is 18.6. The minimum absolute atomic E-state index is 0.0207. The van der Waals surface area contributed by atoms with Gasteiger partial charge in [0.2, 0.25) is 35.4 Å². The first-order chi connectivity index (χ1) is 28.9. The maximum Gasteiger partial charge on any atom is 0.246 e. The van der Waals surface area contributed by atoms with E-state index in [2.05, 4.69) is 16.0 Å². The highest BCUT2D eigenvalue weighted by atomic mass is 16.5. The molecule has 352 valence electrons. The minimum atomic E-state index is -0.779. The third kappa shape index (κ3) is 15.0. The molecule has 0 saturated carbocycles. The number of carbonyl (C=O) groups excluding carboxylic acids is 6. The summed E-state index contributed by atoms with van der Waals surface area (Å²) in [5.74, 6) is -2.29. The number of amides is 6. The van der Waals surface area contributed by atoms with E-state index in [9.17, 15) is 28.8 Å². The van der Waals surface area contributed by atoms with E-state index < -0.39 is 53.6 Å². The zero-order chi connectivity index (χ0) is 47.2. The summed E-state index contributed by atoms with van der Waals surface area (Å²) in [6, 6.07) is 4.24. The zero-order valence-corrected chi connectivity index (χ0v) is 40.4. The van der Waals surface area contributed by atoms with E-state index >= 15 is 0 Å². The van der Waals surface area contributed by atoms with E-state index in [1.807, 2.05) is 90.6 Å². The van der Waals surface area contributed by atoms with Crippen LogP contribution in [0.25, 0.3) is 0 Å². The number of anilines is 1. The summed E-state index contributed by atoms with van der Waals surface area (Å²) in [7, 11) is 10.4. The molecule has 0 spiro atoms. The topological polar surface area (TPSA) is 196 Å². The fourth-order valence-corrected chi connectivity index (χ4v) is 8.45. The van der Waals surface area contributed by atoms with Crippen molar-refractivity contribution >= 4 is 41.1 Å². The van der Waals surface area contributed by atoms with E-state index in [-0.39, 0.29) is 53.8 Å². The summed E-state index contributed by atoms with van der Waals surface area (Å²) in [6.07, 6.45) is 1.49. The molecular weight excluding hydrogens is 793 g/mol. The predicted molar refractivity (Wildman–Crippen MR) is 243 cm³/mol. The molecule has 1 aliphatic rings. The number of benzene rings is 1. The van der Waals surface area contributed by atoms with E-state index in [1.54, 1.807) is 58.0 Å². The number of carbonyl (C=O) groups is 6. The predicted octanol–water partition coefficient (Wildman–Crippen LogP) is 3.13. The van der Waals surface area contributed by atoms with Crippen LogP contribution in [0.5, 0.6) is 0 Å². The third-order valence-electron chi connectivity index (χ3n) is 12.3. The summed E-state index contributed by atoms with van der Waals surface area (Å²) in [6.45, 7) is 18.0. The second-order valence-corrected chi connectivity index (χ2v) is 18.6. The normalized spacial score (nSPS) is 18.2. The standard InChI is InChI=1S/C46H80N8O8/c1-16-29(4)39(53(13)44(59)38(28(2)3)50-45(60)46(8,9)27-51(10)11)36(61-14)26-37(55)54-23-18-21-35(54)40(62-15)30(5)43(58)52(12)24-22-33-19-17-20-34(25-33)49-42(57)32(7)48-41(56)31(6)47/h17,19-20,25,28-32,35-36,38-40H,16,18,21-24,26-27,47H2,1-15H3,(H,48,56)(H,49,57)(H,50,60)/t29-,30+,31-,32-,35-,36+,38-,39-,40+/m0/s1. The molecule has 62 heavy (non-hydrogen) atoms. The van der Waals surface area contributed by atoms with Crippen LogP contribution < -0.4 is 21.7 Å². The van der Waals surface area contributed by atoms with Crippen molar-refractivity contribution in [3.05, 3.63) is 29.8 Å². The van der Waals surface area contributed by atoms with Gasteiger partial charge in [-0.25, -0.2) is 0 Å². The zero-order valence-electron chi connectivity index (χ0n) is 40.4. The smallest absolute Gasteiger partial charge is 0.246 e. The van der Waals surface area contributed by atoms with Gasteiger partial charge in [0.25, 0.3) is 0 Å². The highest BCUT2D eigenvalue weighted by molar-refractivity contribution is 5.97. The lowest BCUT2D eigenvalue weighted by molar-refractivity contribution is -0.149. The largest absolute Gasteiger partial charge is 0.379 e. The molecule has 2 rings (SSSR count). The van der Waals surface area contributed by atoms with Crippen LogP contribution in [0.3, 0.4) is 0 Å². The fourth-order valence-electron chi connectivity index (χ4n) is 8.45. The van der Waals surface area contributed by atoms with Crippen molar-refractivity contribution in [2.24, 2.45) is 28.9 Å². The molecule has 1 saturated heterocycles. The van der Waals surface area contributed by atoms with Crippen LogP contribution in [0.4, 0.5) is 5.69 Å². The van der Waals surface area contributed by atoms with Gasteiger partial charge in [0.05, 0.1) is 48.1 Å². The molecule has 9 atom stereocenters. The quantitative estimate of drug-likeness (QED) is 0.120. The maximum absolute atomic E-state index is 14.3. The Morgan fingerprint density at radius 2 is 1.56 bits per heavy atom. The van der Waals surface area contributed by atoms with Crippen LogP contribution in [0.2, 0.25) is 0 Å². The average Bonchev–Trinajstić information content (AvgIpc) is 3.70. The van der Waals surface area contributed by atoms with Crippen molar-refractivity contribution in [2.45, 2.75) is 137 Å². The molecule has 16 nitrogen and oxygen atoms in total. The number of hydrogen-bond acceptors (Lipinski definition) is 10. The number of rotatable bonds is 24. The van der Waals surface area contributed by atoms with Crippen LogP contribution in [-0.2, 0) is 44.7 Å². The first-order valence-electron chi connectivity index (χ1n) is 22.2. The molecule has 6 amide bonds. The Morgan fingerprint density at radius 3 is 2.11 bits per heavy atom. The lowest BCUT2D eigenvalue weighted by Crippen LogP contribution is -2.59. The first kappa shape index (κ1) is 54.0. The van der Waals surface area contributed by atoms with Crippen LogP contribution in [0.15, 0.2) is 24.3 Å². The molecule has 5 N–H and O–H groups in total. The van der Waals surface area contributed by atoms with E-state index in [1.165, 1.54) is 0 Å². The Bertz CT molecular complexity index is 1650.